The van der Waals surface area contributed by atoms with Gasteiger partial charge in [-0.25, -0.2) is 9.37 Å². The molecule has 1 unspecified atom stereocenters. The van der Waals surface area contributed by atoms with E-state index in [2.05, 4.69) is 67.8 Å². The lowest BCUT2D eigenvalue weighted by molar-refractivity contribution is -0.123. The normalized spacial score (nSPS) is 15.6. The van der Waals surface area contributed by atoms with Crippen LogP contribution in [0.1, 0.15) is 81.2 Å². The highest BCUT2D eigenvalue weighted by Gasteiger charge is 2.26. The highest BCUT2D eigenvalue weighted by Crippen LogP contribution is 2.35. The molecule has 226 valence electrons. The minimum absolute atomic E-state index is 0.0141. The maximum Gasteiger partial charge on any atom is 0.220 e. The number of nitriles is 1. The molecule has 0 saturated heterocycles. The number of hydrogen-bond acceptors (Lipinski definition) is 6. The van der Waals surface area contributed by atoms with E-state index in [1.165, 1.54) is 11.6 Å². The Labute approximate surface area is 267 Å². The standard InChI is InChI=1S/C34H39FIN5O2/c1-21(38-30(42)19-34(2,3)4)31(24-10-7-11-26(36)16-24)40-33-29(35)18-25(20-37)32(41-33)39-27-12-13-28-22(14-15-43-5)8-6-9-23(28)17-27/h6-7,9-13,16-18,21-22,31H,8,14-15,19H2,1-5H3,(H,38,42)(H2,39,40,41)/t21-,22?,31-/m0/s1. The number of anilines is 3. The number of ether oxygens (including phenoxy) is 1. The molecule has 1 aromatic heterocycles. The molecular formula is C34H39FIN5O2. The molecule has 4 rings (SSSR count). The third kappa shape index (κ3) is 8.77. The number of allylic oxidation sites excluding steroid dienone is 1. The number of carbonyl (C=O) groups excluding carboxylic acids is 1. The van der Waals surface area contributed by atoms with Gasteiger partial charge in [-0.05, 0) is 101 Å². The van der Waals surface area contributed by atoms with E-state index in [0.717, 1.165) is 33.2 Å². The van der Waals surface area contributed by atoms with Crippen LogP contribution >= 0.6 is 22.6 Å². The maximum atomic E-state index is 15.4. The molecule has 7 nitrogen and oxygen atoms in total. The van der Waals surface area contributed by atoms with Crippen molar-refractivity contribution in [1.82, 2.24) is 10.3 Å². The van der Waals surface area contributed by atoms with Crippen molar-refractivity contribution in [3.05, 3.63) is 86.2 Å². The first-order valence-corrected chi connectivity index (χ1v) is 15.5. The summed E-state index contributed by atoms with van der Waals surface area (Å²) in [6.45, 7) is 8.61. The van der Waals surface area contributed by atoms with Crippen molar-refractivity contribution in [2.45, 2.75) is 65.0 Å². The van der Waals surface area contributed by atoms with Crippen molar-refractivity contribution in [2.24, 2.45) is 5.41 Å². The molecule has 1 heterocycles. The molecule has 0 spiro atoms. The fourth-order valence-corrected chi connectivity index (χ4v) is 5.88. The van der Waals surface area contributed by atoms with Gasteiger partial charge in [0.05, 0.1) is 17.6 Å². The average Bonchev–Trinajstić information content (AvgIpc) is 2.94. The van der Waals surface area contributed by atoms with Crippen LogP contribution in [0.25, 0.3) is 6.08 Å². The van der Waals surface area contributed by atoms with Gasteiger partial charge in [0, 0.05) is 29.4 Å². The van der Waals surface area contributed by atoms with Gasteiger partial charge in [0.15, 0.2) is 17.5 Å². The van der Waals surface area contributed by atoms with Crippen molar-refractivity contribution in [2.75, 3.05) is 24.4 Å². The second-order valence-electron chi connectivity index (χ2n) is 12.2. The van der Waals surface area contributed by atoms with E-state index in [4.69, 9.17) is 4.74 Å². The number of hydrogen-bond donors (Lipinski definition) is 3. The molecule has 0 radical (unpaired) electrons. The van der Waals surface area contributed by atoms with Crippen LogP contribution in [0.2, 0.25) is 0 Å². The molecule has 2 aromatic carbocycles. The number of halogens is 2. The van der Waals surface area contributed by atoms with Crippen molar-refractivity contribution in [1.29, 1.82) is 5.26 Å². The summed E-state index contributed by atoms with van der Waals surface area (Å²) in [5.41, 5.74) is 3.88. The molecule has 0 aliphatic heterocycles. The van der Waals surface area contributed by atoms with Gasteiger partial charge in [-0.15, -0.1) is 0 Å². The fraction of sp³-hybridized carbons (Fsp3) is 0.382. The molecular weight excluding hydrogens is 656 g/mol. The third-order valence-electron chi connectivity index (χ3n) is 7.35. The largest absolute Gasteiger partial charge is 0.385 e. The van der Waals surface area contributed by atoms with Gasteiger partial charge in [0.2, 0.25) is 5.91 Å². The summed E-state index contributed by atoms with van der Waals surface area (Å²) in [4.78, 5) is 17.4. The van der Waals surface area contributed by atoms with Crippen molar-refractivity contribution in [3.63, 3.8) is 0 Å². The first kappa shape index (κ1) is 32.4. The SMILES string of the molecule is COCCC1CC=Cc2cc(Nc3nc(N[C@H](c4cccc(I)c4)[C@H](C)NC(=O)CC(C)(C)C)c(F)cc3C#N)ccc21. The van der Waals surface area contributed by atoms with E-state index in [0.29, 0.717) is 18.9 Å². The molecule has 3 N–H and O–H groups in total. The smallest absolute Gasteiger partial charge is 0.220 e. The van der Waals surface area contributed by atoms with E-state index in [1.807, 2.05) is 64.1 Å². The molecule has 3 aromatic rings. The van der Waals surface area contributed by atoms with E-state index < -0.39 is 11.9 Å². The van der Waals surface area contributed by atoms with Crippen molar-refractivity contribution >= 4 is 51.9 Å². The van der Waals surface area contributed by atoms with Crippen LogP contribution in [0, 0.1) is 26.1 Å². The van der Waals surface area contributed by atoms with Gasteiger partial charge in [-0.3, -0.25) is 4.79 Å². The Hall–Kier alpha value is -3.49. The van der Waals surface area contributed by atoms with Gasteiger partial charge in [-0.1, -0.05) is 51.1 Å². The molecule has 1 aliphatic carbocycles. The molecule has 0 fully saturated rings. The summed E-state index contributed by atoms with van der Waals surface area (Å²) in [6.07, 6.45) is 6.52. The monoisotopic (exact) mass is 695 g/mol. The van der Waals surface area contributed by atoms with E-state index in [9.17, 15) is 10.1 Å². The fourth-order valence-electron chi connectivity index (χ4n) is 5.31. The van der Waals surface area contributed by atoms with Gasteiger partial charge < -0.3 is 20.7 Å². The first-order valence-electron chi connectivity index (χ1n) is 14.5. The summed E-state index contributed by atoms with van der Waals surface area (Å²) in [6, 6.07) is 16.3. The Bertz CT molecular complexity index is 1530. The number of nitrogens with zero attached hydrogens (tertiary/aromatic N) is 2. The predicted molar refractivity (Wildman–Crippen MR) is 179 cm³/mol. The number of pyridine rings is 1. The minimum atomic E-state index is -0.652. The van der Waals surface area contributed by atoms with Crippen molar-refractivity contribution < 1.29 is 13.9 Å². The van der Waals surface area contributed by atoms with Crippen LogP contribution in [0.3, 0.4) is 0 Å². The van der Waals surface area contributed by atoms with Crippen LogP contribution in [-0.4, -0.2) is 30.6 Å². The number of carbonyl (C=O) groups is 1. The van der Waals surface area contributed by atoms with E-state index in [-0.39, 0.29) is 34.6 Å². The zero-order valence-corrected chi connectivity index (χ0v) is 27.5. The quantitative estimate of drug-likeness (QED) is 0.176. The van der Waals surface area contributed by atoms with Crippen LogP contribution in [0.5, 0.6) is 0 Å². The van der Waals surface area contributed by atoms with E-state index in [1.54, 1.807) is 7.11 Å². The van der Waals surface area contributed by atoms with Gasteiger partial charge >= 0.3 is 0 Å². The number of rotatable bonds is 11. The maximum absolute atomic E-state index is 15.4. The summed E-state index contributed by atoms with van der Waals surface area (Å²) in [7, 11) is 1.71. The molecule has 0 saturated carbocycles. The number of fused-ring (bicyclic) bond motifs is 1. The first-order chi connectivity index (χ1) is 20.5. The van der Waals surface area contributed by atoms with Crippen molar-refractivity contribution in [3.8, 4) is 6.07 Å². The lowest BCUT2D eigenvalue weighted by Crippen LogP contribution is -2.41. The van der Waals surface area contributed by atoms with Gasteiger partial charge in [-0.2, -0.15) is 5.26 Å². The lowest BCUT2D eigenvalue weighted by Gasteiger charge is -2.29. The Balaban J connectivity index is 1.63. The minimum Gasteiger partial charge on any atom is -0.385 e. The molecule has 9 heteroatoms. The Kier molecular flexibility index (Phi) is 10.8. The second-order valence-corrected chi connectivity index (χ2v) is 13.4. The number of benzene rings is 2. The number of methoxy groups -OCH3 is 1. The van der Waals surface area contributed by atoms with E-state index >= 15 is 4.39 Å². The zero-order chi connectivity index (χ0) is 31.1. The average molecular weight is 696 g/mol. The highest BCUT2D eigenvalue weighted by molar-refractivity contribution is 14.1. The summed E-state index contributed by atoms with van der Waals surface area (Å²) >= 11 is 2.23. The summed E-state index contributed by atoms with van der Waals surface area (Å²) in [5, 5.41) is 19.4. The molecule has 1 amide bonds. The van der Waals surface area contributed by atoms with Crippen LogP contribution in [0.15, 0.2) is 54.6 Å². The Morgan fingerprint density at radius 2 is 2.00 bits per heavy atom. The topological polar surface area (TPSA) is 99.1 Å². The zero-order valence-electron chi connectivity index (χ0n) is 25.3. The highest BCUT2D eigenvalue weighted by atomic mass is 127. The summed E-state index contributed by atoms with van der Waals surface area (Å²) < 4.78 is 21.7. The Morgan fingerprint density at radius 1 is 1.21 bits per heavy atom. The van der Waals surface area contributed by atoms with Crippen LogP contribution in [-0.2, 0) is 9.53 Å². The number of amides is 1. The lowest BCUT2D eigenvalue weighted by atomic mass is 9.85. The molecule has 43 heavy (non-hydrogen) atoms. The summed E-state index contributed by atoms with van der Waals surface area (Å²) in [5.74, 6) is -0.126. The second kappa shape index (κ2) is 14.3. The molecule has 3 atom stereocenters. The molecule has 1 aliphatic rings. The number of nitrogens with one attached hydrogen (secondary N) is 3. The Morgan fingerprint density at radius 3 is 2.70 bits per heavy atom. The van der Waals surface area contributed by atoms with Crippen LogP contribution in [0.4, 0.5) is 21.7 Å². The van der Waals surface area contributed by atoms with Gasteiger partial charge in [0.1, 0.15) is 6.07 Å². The number of aromatic nitrogens is 1. The third-order valence-corrected chi connectivity index (χ3v) is 8.02. The molecule has 0 bridgehead atoms. The van der Waals surface area contributed by atoms with Gasteiger partial charge in [0.25, 0.3) is 0 Å². The van der Waals surface area contributed by atoms with Crippen LogP contribution < -0.4 is 16.0 Å². The predicted octanol–water partition coefficient (Wildman–Crippen LogP) is 8.07.